The number of H-pyrrole nitrogens is 1. The van der Waals surface area contributed by atoms with Crippen molar-refractivity contribution < 1.29 is 14.6 Å². The minimum atomic E-state index is -0.328. The number of aliphatic hydroxyl groups is 1. The molecule has 132 valence electrons. The van der Waals surface area contributed by atoms with Gasteiger partial charge in [0.1, 0.15) is 5.69 Å². The molecule has 5 nitrogen and oxygen atoms in total. The monoisotopic (exact) mass is 340 g/mol. The van der Waals surface area contributed by atoms with Crippen molar-refractivity contribution in [1.82, 2.24) is 9.88 Å². The SMILES string of the molecule is O=C(c1ccc(-c2ccccc2)[nH]1)N1CCOC[C@@H]1[C@H]1CCC[C@@H]1O. The fourth-order valence-electron chi connectivity index (χ4n) is 4.11. The Labute approximate surface area is 147 Å². The Balaban J connectivity index is 1.55. The first-order valence-corrected chi connectivity index (χ1v) is 9.05. The van der Waals surface area contributed by atoms with Crippen molar-refractivity contribution >= 4 is 5.91 Å². The molecular weight excluding hydrogens is 316 g/mol. The number of nitrogens with one attached hydrogen (secondary N) is 1. The summed E-state index contributed by atoms with van der Waals surface area (Å²) >= 11 is 0. The molecule has 1 saturated heterocycles. The molecule has 2 heterocycles. The maximum Gasteiger partial charge on any atom is 0.270 e. The second-order valence-electron chi connectivity index (χ2n) is 6.95. The average molecular weight is 340 g/mol. The molecule has 1 aliphatic heterocycles. The first kappa shape index (κ1) is 16.4. The van der Waals surface area contributed by atoms with E-state index in [1.165, 1.54) is 0 Å². The van der Waals surface area contributed by atoms with Crippen LogP contribution < -0.4 is 0 Å². The highest BCUT2D eigenvalue weighted by Crippen LogP contribution is 2.33. The van der Waals surface area contributed by atoms with Crippen molar-refractivity contribution in [2.45, 2.75) is 31.4 Å². The summed E-state index contributed by atoms with van der Waals surface area (Å²) in [4.78, 5) is 18.2. The molecule has 1 saturated carbocycles. The fourth-order valence-corrected chi connectivity index (χ4v) is 4.11. The molecule has 0 unspecified atom stereocenters. The standard InChI is InChI=1S/C20H24N2O3/c23-19-8-4-7-15(19)18-13-25-12-11-22(18)20(24)17-10-9-16(21-17)14-5-2-1-3-6-14/h1-3,5-6,9-10,15,18-19,21,23H,4,7-8,11-13H2/t15-,18-,19+/m1/s1. The number of aromatic amines is 1. The first-order valence-electron chi connectivity index (χ1n) is 9.05. The average Bonchev–Trinajstić information content (AvgIpc) is 3.31. The Morgan fingerprint density at radius 2 is 2.00 bits per heavy atom. The number of morpholine rings is 1. The summed E-state index contributed by atoms with van der Waals surface area (Å²) in [6.45, 7) is 1.64. The van der Waals surface area contributed by atoms with Gasteiger partial charge in [0.2, 0.25) is 0 Å². The lowest BCUT2D eigenvalue weighted by Crippen LogP contribution is -2.53. The van der Waals surface area contributed by atoms with Crippen LogP contribution in [0.15, 0.2) is 42.5 Å². The number of carbonyl (C=O) groups is 1. The molecule has 2 aliphatic rings. The van der Waals surface area contributed by atoms with Crippen LogP contribution in [0.25, 0.3) is 11.3 Å². The number of hydrogen-bond donors (Lipinski definition) is 2. The summed E-state index contributed by atoms with van der Waals surface area (Å²) in [7, 11) is 0. The van der Waals surface area contributed by atoms with E-state index in [1.807, 2.05) is 47.4 Å². The molecule has 25 heavy (non-hydrogen) atoms. The third-order valence-corrected chi connectivity index (χ3v) is 5.45. The van der Waals surface area contributed by atoms with E-state index in [9.17, 15) is 9.90 Å². The van der Waals surface area contributed by atoms with Gasteiger partial charge in [-0.2, -0.15) is 0 Å². The maximum atomic E-state index is 13.1. The molecule has 0 bridgehead atoms. The second kappa shape index (κ2) is 7.02. The van der Waals surface area contributed by atoms with E-state index in [0.29, 0.717) is 25.5 Å². The van der Waals surface area contributed by atoms with Crippen LogP contribution in [0.4, 0.5) is 0 Å². The molecule has 1 amide bonds. The maximum absolute atomic E-state index is 13.1. The first-order chi connectivity index (χ1) is 12.2. The van der Waals surface area contributed by atoms with Crippen LogP contribution in [0.2, 0.25) is 0 Å². The summed E-state index contributed by atoms with van der Waals surface area (Å²) < 4.78 is 5.62. The number of ether oxygens (including phenoxy) is 1. The number of amides is 1. The van der Waals surface area contributed by atoms with Gasteiger partial charge in [0, 0.05) is 18.2 Å². The van der Waals surface area contributed by atoms with Crippen LogP contribution in [0.3, 0.4) is 0 Å². The molecule has 4 rings (SSSR count). The number of hydrogen-bond acceptors (Lipinski definition) is 3. The lowest BCUT2D eigenvalue weighted by molar-refractivity contribution is -0.0385. The quantitative estimate of drug-likeness (QED) is 0.903. The summed E-state index contributed by atoms with van der Waals surface area (Å²) in [6, 6.07) is 13.7. The summed E-state index contributed by atoms with van der Waals surface area (Å²) in [5.74, 6) is 0.113. The zero-order valence-electron chi connectivity index (χ0n) is 14.2. The fraction of sp³-hybridized carbons (Fsp3) is 0.450. The zero-order chi connectivity index (χ0) is 17.2. The normalized spacial score (nSPS) is 26.8. The van der Waals surface area contributed by atoms with E-state index in [1.54, 1.807) is 0 Å². The summed E-state index contributed by atoms with van der Waals surface area (Å²) in [6.07, 6.45) is 2.47. The number of aromatic nitrogens is 1. The Morgan fingerprint density at radius 3 is 2.76 bits per heavy atom. The van der Waals surface area contributed by atoms with Crippen molar-refractivity contribution in [3.8, 4) is 11.3 Å². The molecule has 0 radical (unpaired) electrons. The molecule has 0 spiro atoms. The third-order valence-electron chi connectivity index (χ3n) is 5.45. The molecule has 3 atom stereocenters. The van der Waals surface area contributed by atoms with Crippen LogP contribution in [-0.4, -0.2) is 52.8 Å². The predicted molar refractivity (Wildman–Crippen MR) is 95.2 cm³/mol. The number of carbonyl (C=O) groups excluding carboxylic acids is 1. The molecule has 1 aromatic heterocycles. The highest BCUT2D eigenvalue weighted by Gasteiger charge is 2.39. The van der Waals surface area contributed by atoms with Gasteiger partial charge in [0.25, 0.3) is 5.91 Å². The van der Waals surface area contributed by atoms with Gasteiger partial charge in [0.05, 0.1) is 25.4 Å². The van der Waals surface area contributed by atoms with E-state index in [0.717, 1.165) is 30.5 Å². The van der Waals surface area contributed by atoms with Gasteiger partial charge in [0.15, 0.2) is 0 Å². The van der Waals surface area contributed by atoms with E-state index in [2.05, 4.69) is 4.98 Å². The van der Waals surface area contributed by atoms with Crippen LogP contribution in [0.1, 0.15) is 29.8 Å². The van der Waals surface area contributed by atoms with Gasteiger partial charge in [-0.1, -0.05) is 36.8 Å². The smallest absolute Gasteiger partial charge is 0.270 e. The Morgan fingerprint density at radius 1 is 1.16 bits per heavy atom. The lowest BCUT2D eigenvalue weighted by atomic mass is 9.94. The highest BCUT2D eigenvalue weighted by atomic mass is 16.5. The highest BCUT2D eigenvalue weighted by molar-refractivity contribution is 5.93. The van der Waals surface area contributed by atoms with Gasteiger partial charge in [-0.05, 0) is 30.5 Å². The van der Waals surface area contributed by atoms with Crippen LogP contribution in [0.5, 0.6) is 0 Å². The molecule has 1 aliphatic carbocycles. The van der Waals surface area contributed by atoms with Crippen molar-refractivity contribution in [2.75, 3.05) is 19.8 Å². The Kier molecular flexibility index (Phi) is 4.59. The molecule has 2 N–H and O–H groups in total. The second-order valence-corrected chi connectivity index (χ2v) is 6.95. The number of benzene rings is 1. The van der Waals surface area contributed by atoms with Crippen LogP contribution >= 0.6 is 0 Å². The number of rotatable bonds is 3. The molecule has 1 aromatic carbocycles. The van der Waals surface area contributed by atoms with E-state index in [4.69, 9.17) is 4.74 Å². The van der Waals surface area contributed by atoms with E-state index >= 15 is 0 Å². The molecule has 5 heteroatoms. The van der Waals surface area contributed by atoms with Crippen molar-refractivity contribution in [3.63, 3.8) is 0 Å². The van der Waals surface area contributed by atoms with Crippen molar-refractivity contribution in [3.05, 3.63) is 48.2 Å². The predicted octanol–water partition coefficient (Wildman–Crippen LogP) is 2.68. The van der Waals surface area contributed by atoms with Gasteiger partial charge in [-0.15, -0.1) is 0 Å². The van der Waals surface area contributed by atoms with Crippen LogP contribution in [0, 0.1) is 5.92 Å². The number of nitrogens with zero attached hydrogens (tertiary/aromatic N) is 1. The molecular formula is C20H24N2O3. The summed E-state index contributed by atoms with van der Waals surface area (Å²) in [5.41, 5.74) is 2.60. The van der Waals surface area contributed by atoms with Gasteiger partial charge < -0.3 is 19.7 Å². The Hall–Kier alpha value is -2.11. The third kappa shape index (κ3) is 3.22. The number of aliphatic hydroxyl groups excluding tert-OH is 1. The summed E-state index contributed by atoms with van der Waals surface area (Å²) in [5, 5.41) is 10.3. The van der Waals surface area contributed by atoms with Gasteiger partial charge in [-0.3, -0.25) is 4.79 Å². The Bertz CT molecular complexity index is 728. The topological polar surface area (TPSA) is 65.6 Å². The van der Waals surface area contributed by atoms with Crippen LogP contribution in [-0.2, 0) is 4.74 Å². The van der Waals surface area contributed by atoms with Crippen molar-refractivity contribution in [2.24, 2.45) is 5.92 Å². The largest absolute Gasteiger partial charge is 0.393 e. The lowest BCUT2D eigenvalue weighted by Gasteiger charge is -2.39. The minimum Gasteiger partial charge on any atom is -0.393 e. The van der Waals surface area contributed by atoms with Crippen molar-refractivity contribution in [1.29, 1.82) is 0 Å². The molecule has 2 fully saturated rings. The van der Waals surface area contributed by atoms with Gasteiger partial charge in [-0.25, -0.2) is 0 Å². The zero-order valence-corrected chi connectivity index (χ0v) is 14.2. The van der Waals surface area contributed by atoms with Gasteiger partial charge >= 0.3 is 0 Å². The van der Waals surface area contributed by atoms with E-state index < -0.39 is 0 Å². The molecule has 2 aromatic rings. The minimum absolute atomic E-state index is 0.00502. The van der Waals surface area contributed by atoms with E-state index in [-0.39, 0.29) is 24.0 Å².